The molecule has 2 aliphatic rings. The van der Waals surface area contributed by atoms with Gasteiger partial charge in [0, 0.05) is 6.08 Å². The molecule has 2 aliphatic carbocycles. The van der Waals surface area contributed by atoms with E-state index < -0.39 is 5.97 Å². The van der Waals surface area contributed by atoms with E-state index in [1.54, 1.807) is 6.08 Å². The molecule has 0 spiro atoms. The van der Waals surface area contributed by atoms with Crippen LogP contribution in [-0.2, 0) is 15.6 Å². The molecule has 0 heterocycles. The van der Waals surface area contributed by atoms with Crippen molar-refractivity contribution < 1.29 is 9.90 Å². The van der Waals surface area contributed by atoms with Gasteiger partial charge in [-0.25, -0.2) is 4.79 Å². The van der Waals surface area contributed by atoms with Gasteiger partial charge < -0.3 is 5.11 Å². The number of hydrogen-bond acceptors (Lipinski definition) is 1. The Labute approximate surface area is 163 Å². The van der Waals surface area contributed by atoms with Crippen LogP contribution in [0.1, 0.15) is 82.1 Å². The maximum Gasteiger partial charge on any atom is 0.328 e. The lowest BCUT2D eigenvalue weighted by atomic mass is 9.62. The van der Waals surface area contributed by atoms with E-state index in [-0.39, 0.29) is 10.8 Å². The average molecular weight is 365 g/mol. The van der Waals surface area contributed by atoms with E-state index in [1.807, 2.05) is 6.08 Å². The number of carboxylic acids is 1. The van der Waals surface area contributed by atoms with E-state index in [2.05, 4.69) is 52.8 Å². The molecule has 0 amide bonds. The van der Waals surface area contributed by atoms with Crippen LogP contribution in [0, 0.1) is 6.92 Å². The van der Waals surface area contributed by atoms with Crippen molar-refractivity contribution in [2.24, 2.45) is 0 Å². The number of rotatable bonds is 4. The summed E-state index contributed by atoms with van der Waals surface area (Å²) in [4.78, 5) is 10.6. The molecule has 1 aromatic carbocycles. The summed E-state index contributed by atoms with van der Waals surface area (Å²) in [6, 6.07) is 4.90. The van der Waals surface area contributed by atoms with Crippen LogP contribution in [0.3, 0.4) is 0 Å². The lowest BCUT2D eigenvalue weighted by Gasteiger charge is -2.42. The third-order valence-electron chi connectivity index (χ3n) is 6.43. The van der Waals surface area contributed by atoms with Gasteiger partial charge in [0.2, 0.25) is 0 Å². The highest BCUT2D eigenvalue weighted by Crippen LogP contribution is 2.48. The molecule has 0 bridgehead atoms. The Morgan fingerprint density at radius 2 is 1.63 bits per heavy atom. The zero-order valence-electron chi connectivity index (χ0n) is 17.4. The van der Waals surface area contributed by atoms with Crippen LogP contribution in [0.2, 0.25) is 0 Å². The Bertz CT molecular complexity index is 847. The zero-order chi connectivity index (χ0) is 19.8. The normalized spacial score (nSPS) is 21.2. The van der Waals surface area contributed by atoms with Gasteiger partial charge in [0.15, 0.2) is 0 Å². The molecular formula is C25H32O2. The van der Waals surface area contributed by atoms with Gasteiger partial charge in [-0.2, -0.15) is 0 Å². The quantitative estimate of drug-likeness (QED) is 0.490. The van der Waals surface area contributed by atoms with Crippen molar-refractivity contribution in [2.45, 2.75) is 77.6 Å². The van der Waals surface area contributed by atoms with Gasteiger partial charge in [0.05, 0.1) is 0 Å². The summed E-state index contributed by atoms with van der Waals surface area (Å²) >= 11 is 0. The highest BCUT2D eigenvalue weighted by molar-refractivity contribution is 5.80. The molecule has 0 aliphatic heterocycles. The summed E-state index contributed by atoms with van der Waals surface area (Å²) < 4.78 is 0. The predicted octanol–water partition coefficient (Wildman–Crippen LogP) is 6.48. The Hall–Kier alpha value is -2.09. The van der Waals surface area contributed by atoms with Crippen molar-refractivity contribution in [3.05, 3.63) is 64.3 Å². The van der Waals surface area contributed by atoms with Crippen molar-refractivity contribution in [1.82, 2.24) is 0 Å². The SMILES string of the molecule is Cc1cc2c(cc1C1=C(/C=C/C=C/C(=O)O)CCC1)C(C)(C)CCC2(C)C. The van der Waals surface area contributed by atoms with Crippen LogP contribution in [0.5, 0.6) is 0 Å². The minimum Gasteiger partial charge on any atom is -0.478 e. The number of hydrogen-bond donors (Lipinski definition) is 1. The number of aryl methyl sites for hydroxylation is 1. The van der Waals surface area contributed by atoms with Gasteiger partial charge in [-0.05, 0) is 83.3 Å². The van der Waals surface area contributed by atoms with E-state index in [1.165, 1.54) is 58.7 Å². The van der Waals surface area contributed by atoms with Crippen LogP contribution in [0.4, 0.5) is 0 Å². The summed E-state index contributed by atoms with van der Waals surface area (Å²) in [7, 11) is 0. The molecule has 1 N–H and O–H groups in total. The fraction of sp³-hybridized carbons (Fsp3) is 0.480. The maximum atomic E-state index is 10.6. The number of carboxylic acid groups (broad SMARTS) is 1. The summed E-state index contributed by atoms with van der Waals surface area (Å²) in [6.45, 7) is 11.7. The molecule has 27 heavy (non-hydrogen) atoms. The summed E-state index contributed by atoms with van der Waals surface area (Å²) in [6.07, 6.45) is 12.5. The van der Waals surface area contributed by atoms with Crippen molar-refractivity contribution >= 4 is 11.5 Å². The molecule has 0 saturated heterocycles. The molecule has 1 aromatic rings. The molecule has 0 aromatic heterocycles. The lowest BCUT2D eigenvalue weighted by Crippen LogP contribution is -2.34. The smallest absolute Gasteiger partial charge is 0.328 e. The Balaban J connectivity index is 2.06. The standard InChI is InChI=1S/C25H32O2/c1-17-15-21-22(25(4,5)14-13-24(21,2)3)16-20(17)19-11-8-10-18(19)9-6-7-12-23(26)27/h6-7,9,12,15-16H,8,10-11,13-14H2,1-5H3,(H,26,27)/b9-6+,12-7+. The van der Waals surface area contributed by atoms with E-state index in [0.29, 0.717) is 0 Å². The molecule has 0 fully saturated rings. The Morgan fingerprint density at radius 1 is 1.00 bits per heavy atom. The second-order valence-corrected chi connectivity index (χ2v) is 9.39. The molecule has 2 nitrogen and oxygen atoms in total. The number of benzene rings is 1. The van der Waals surface area contributed by atoms with Crippen molar-refractivity contribution in [1.29, 1.82) is 0 Å². The molecule has 3 rings (SSSR count). The number of carbonyl (C=O) groups is 1. The second-order valence-electron chi connectivity index (χ2n) is 9.39. The van der Waals surface area contributed by atoms with Crippen LogP contribution in [0.25, 0.3) is 5.57 Å². The van der Waals surface area contributed by atoms with Crippen molar-refractivity contribution in [2.75, 3.05) is 0 Å². The first-order valence-corrected chi connectivity index (χ1v) is 10.1. The lowest BCUT2D eigenvalue weighted by molar-refractivity contribution is -0.131. The van der Waals surface area contributed by atoms with Crippen LogP contribution < -0.4 is 0 Å². The summed E-state index contributed by atoms with van der Waals surface area (Å²) in [5, 5.41) is 8.74. The van der Waals surface area contributed by atoms with Gasteiger partial charge in [0.25, 0.3) is 0 Å². The highest BCUT2D eigenvalue weighted by Gasteiger charge is 2.37. The molecule has 0 unspecified atom stereocenters. The monoisotopic (exact) mass is 364 g/mol. The zero-order valence-corrected chi connectivity index (χ0v) is 17.4. The van der Waals surface area contributed by atoms with Gasteiger partial charge in [-0.1, -0.05) is 58.1 Å². The first-order valence-electron chi connectivity index (χ1n) is 10.1. The molecule has 0 atom stereocenters. The highest BCUT2D eigenvalue weighted by atomic mass is 16.4. The van der Waals surface area contributed by atoms with Crippen LogP contribution >= 0.6 is 0 Å². The third-order valence-corrected chi connectivity index (χ3v) is 6.43. The summed E-state index contributed by atoms with van der Waals surface area (Å²) in [5.41, 5.74) is 9.01. The topological polar surface area (TPSA) is 37.3 Å². The first-order chi connectivity index (χ1) is 12.6. The van der Waals surface area contributed by atoms with E-state index >= 15 is 0 Å². The molecular weight excluding hydrogens is 332 g/mol. The molecule has 2 heteroatoms. The van der Waals surface area contributed by atoms with E-state index in [4.69, 9.17) is 5.11 Å². The molecule has 144 valence electrons. The van der Waals surface area contributed by atoms with Crippen molar-refractivity contribution in [3.63, 3.8) is 0 Å². The minimum absolute atomic E-state index is 0.215. The van der Waals surface area contributed by atoms with Crippen LogP contribution in [-0.4, -0.2) is 11.1 Å². The van der Waals surface area contributed by atoms with Gasteiger partial charge in [-0.15, -0.1) is 0 Å². The third kappa shape index (κ3) is 3.95. The molecule has 0 radical (unpaired) electrons. The minimum atomic E-state index is -0.907. The first kappa shape index (κ1) is 19.7. The second kappa shape index (κ2) is 7.14. The Kier molecular flexibility index (Phi) is 5.20. The largest absolute Gasteiger partial charge is 0.478 e. The predicted molar refractivity (Wildman–Crippen MR) is 113 cm³/mol. The van der Waals surface area contributed by atoms with Gasteiger partial charge in [0.1, 0.15) is 0 Å². The average Bonchev–Trinajstić information content (AvgIpc) is 3.04. The Morgan fingerprint density at radius 3 is 2.26 bits per heavy atom. The fourth-order valence-electron chi connectivity index (χ4n) is 4.62. The van der Waals surface area contributed by atoms with Crippen LogP contribution in [0.15, 0.2) is 42.0 Å². The van der Waals surface area contributed by atoms with Gasteiger partial charge >= 0.3 is 5.97 Å². The fourth-order valence-corrected chi connectivity index (χ4v) is 4.62. The summed E-state index contributed by atoms with van der Waals surface area (Å²) in [5.74, 6) is -0.907. The van der Waals surface area contributed by atoms with Crippen molar-refractivity contribution in [3.8, 4) is 0 Å². The van der Waals surface area contributed by atoms with Gasteiger partial charge in [-0.3, -0.25) is 0 Å². The van der Waals surface area contributed by atoms with E-state index in [0.717, 1.165) is 12.8 Å². The number of aliphatic carboxylic acids is 1. The number of fused-ring (bicyclic) bond motifs is 1. The maximum absolute atomic E-state index is 10.6. The molecule has 0 saturated carbocycles. The van der Waals surface area contributed by atoms with E-state index in [9.17, 15) is 4.79 Å². The number of allylic oxidation sites excluding steroid dienone is 5.